The van der Waals surface area contributed by atoms with Crippen molar-refractivity contribution in [2.24, 2.45) is 0 Å². The zero-order chi connectivity index (χ0) is 13.8. The number of nitrogen functional groups attached to an aromatic ring is 1. The molecule has 6 heteroatoms. The Kier molecular flexibility index (Phi) is 4.01. The maximum Gasteiger partial charge on any atom is 0.342 e. The number of carbonyl (C=O) groups excluding carboxylic acids is 1. The Morgan fingerprint density at radius 1 is 1.47 bits per heavy atom. The molecule has 0 radical (unpaired) electrons. The maximum atomic E-state index is 12.0. The number of para-hydroxylation sites is 1. The molecule has 0 fully saturated rings. The van der Waals surface area contributed by atoms with Crippen LogP contribution in [-0.2, 0) is 11.3 Å². The van der Waals surface area contributed by atoms with Gasteiger partial charge in [0.05, 0.1) is 23.5 Å². The number of hydrogen-bond donors (Lipinski definition) is 1. The molecule has 2 rings (SSSR count). The summed E-state index contributed by atoms with van der Waals surface area (Å²) in [6.45, 7) is 2.04. The van der Waals surface area contributed by atoms with Crippen molar-refractivity contribution >= 4 is 23.0 Å². The minimum Gasteiger partial charge on any atom is -0.494 e. The minimum absolute atomic E-state index is 0.140. The molecular weight excluding hydrogens is 264 g/mol. The maximum absolute atomic E-state index is 12.0. The van der Waals surface area contributed by atoms with Gasteiger partial charge in [0, 0.05) is 5.38 Å². The second-order valence-corrected chi connectivity index (χ2v) is 4.92. The van der Waals surface area contributed by atoms with Crippen molar-refractivity contribution < 1.29 is 14.3 Å². The molecule has 0 bridgehead atoms. The first-order valence-electron chi connectivity index (χ1n) is 5.62. The third-order valence-electron chi connectivity index (χ3n) is 2.49. The van der Waals surface area contributed by atoms with Crippen LogP contribution in [-0.4, -0.2) is 18.1 Å². The molecule has 0 saturated heterocycles. The third kappa shape index (κ3) is 3.03. The smallest absolute Gasteiger partial charge is 0.342 e. The molecule has 0 aliphatic carbocycles. The molecule has 0 aliphatic heterocycles. The molecule has 0 spiro atoms. The van der Waals surface area contributed by atoms with Crippen LogP contribution in [0.5, 0.6) is 5.75 Å². The molecule has 19 heavy (non-hydrogen) atoms. The van der Waals surface area contributed by atoms with Gasteiger partial charge in [-0.1, -0.05) is 6.07 Å². The number of aromatic nitrogens is 1. The average molecular weight is 278 g/mol. The highest BCUT2D eigenvalue weighted by Gasteiger charge is 2.16. The summed E-state index contributed by atoms with van der Waals surface area (Å²) in [4.78, 5) is 16.2. The number of thiazole rings is 1. The summed E-state index contributed by atoms with van der Waals surface area (Å²) in [6, 6.07) is 4.96. The van der Waals surface area contributed by atoms with E-state index in [2.05, 4.69) is 4.98 Å². The molecule has 0 unspecified atom stereocenters. The number of ether oxygens (including phenoxy) is 2. The van der Waals surface area contributed by atoms with Crippen LogP contribution >= 0.6 is 11.3 Å². The summed E-state index contributed by atoms with van der Waals surface area (Å²) in [5.41, 5.74) is 7.19. The average Bonchev–Trinajstić information content (AvgIpc) is 2.81. The SMILES string of the molecule is COc1c(N)cccc1C(=O)OCc1csc(C)n1. The number of esters is 1. The van der Waals surface area contributed by atoms with Crippen molar-refractivity contribution in [3.63, 3.8) is 0 Å². The van der Waals surface area contributed by atoms with E-state index in [1.165, 1.54) is 18.4 Å². The van der Waals surface area contributed by atoms with Gasteiger partial charge in [-0.25, -0.2) is 9.78 Å². The number of hydrogen-bond acceptors (Lipinski definition) is 6. The molecule has 2 aromatic rings. The van der Waals surface area contributed by atoms with Crippen LogP contribution in [0.15, 0.2) is 23.6 Å². The number of nitrogens with two attached hydrogens (primary N) is 1. The highest BCUT2D eigenvalue weighted by Crippen LogP contribution is 2.26. The largest absolute Gasteiger partial charge is 0.494 e. The highest BCUT2D eigenvalue weighted by molar-refractivity contribution is 7.09. The molecule has 1 heterocycles. The molecule has 0 aliphatic rings. The molecule has 0 atom stereocenters. The second kappa shape index (κ2) is 5.71. The van der Waals surface area contributed by atoms with Crippen LogP contribution in [0.25, 0.3) is 0 Å². The quantitative estimate of drug-likeness (QED) is 0.686. The third-order valence-corrected chi connectivity index (χ3v) is 3.31. The summed E-state index contributed by atoms with van der Waals surface area (Å²) in [7, 11) is 1.46. The topological polar surface area (TPSA) is 74.4 Å². The van der Waals surface area contributed by atoms with E-state index in [-0.39, 0.29) is 6.61 Å². The first-order valence-corrected chi connectivity index (χ1v) is 6.50. The summed E-state index contributed by atoms with van der Waals surface area (Å²) in [5.74, 6) is -0.142. The highest BCUT2D eigenvalue weighted by atomic mass is 32.1. The van der Waals surface area contributed by atoms with E-state index in [9.17, 15) is 4.79 Å². The van der Waals surface area contributed by atoms with E-state index < -0.39 is 5.97 Å². The van der Waals surface area contributed by atoms with Crippen molar-refractivity contribution in [3.05, 3.63) is 39.8 Å². The molecule has 1 aromatic carbocycles. The summed E-state index contributed by atoms with van der Waals surface area (Å²) in [5, 5.41) is 2.80. The van der Waals surface area contributed by atoms with Gasteiger partial charge < -0.3 is 15.2 Å². The minimum atomic E-state index is -0.477. The molecule has 1 aromatic heterocycles. The van der Waals surface area contributed by atoms with E-state index in [0.29, 0.717) is 17.0 Å². The van der Waals surface area contributed by atoms with Crippen molar-refractivity contribution in [1.82, 2.24) is 4.98 Å². The van der Waals surface area contributed by atoms with E-state index >= 15 is 0 Å². The van der Waals surface area contributed by atoms with Gasteiger partial charge in [-0.2, -0.15) is 0 Å². The van der Waals surface area contributed by atoms with E-state index in [1.54, 1.807) is 18.2 Å². The van der Waals surface area contributed by atoms with Gasteiger partial charge in [0.2, 0.25) is 0 Å². The van der Waals surface area contributed by atoms with Crippen LogP contribution in [0.1, 0.15) is 21.1 Å². The lowest BCUT2D eigenvalue weighted by molar-refractivity contribution is 0.0465. The van der Waals surface area contributed by atoms with Gasteiger partial charge in [0.1, 0.15) is 12.2 Å². The first kappa shape index (κ1) is 13.4. The Morgan fingerprint density at radius 2 is 2.26 bits per heavy atom. The predicted octanol–water partition coefficient (Wildman–Crippen LogP) is 2.40. The zero-order valence-electron chi connectivity index (χ0n) is 10.7. The molecule has 100 valence electrons. The number of methoxy groups -OCH3 is 1. The molecule has 0 saturated carbocycles. The molecule has 0 amide bonds. The number of nitrogens with zero attached hydrogens (tertiary/aromatic N) is 1. The second-order valence-electron chi connectivity index (χ2n) is 3.86. The number of rotatable bonds is 4. The number of anilines is 1. The molecule has 5 nitrogen and oxygen atoms in total. The van der Waals surface area contributed by atoms with Gasteiger partial charge in [-0.15, -0.1) is 11.3 Å². The van der Waals surface area contributed by atoms with Crippen LogP contribution in [0, 0.1) is 6.92 Å². The van der Waals surface area contributed by atoms with Crippen molar-refractivity contribution in [1.29, 1.82) is 0 Å². The van der Waals surface area contributed by atoms with Crippen molar-refractivity contribution in [2.45, 2.75) is 13.5 Å². The standard InChI is InChI=1S/C13H14N2O3S/c1-8-15-9(7-19-8)6-18-13(16)10-4-3-5-11(14)12(10)17-2/h3-5,7H,6,14H2,1-2H3. The Bertz CT molecular complexity index is 595. The molecule has 2 N–H and O–H groups in total. The van der Waals surface area contributed by atoms with Gasteiger partial charge in [-0.05, 0) is 19.1 Å². The number of aryl methyl sites for hydroxylation is 1. The Morgan fingerprint density at radius 3 is 2.89 bits per heavy atom. The van der Waals surface area contributed by atoms with Crippen LogP contribution in [0.3, 0.4) is 0 Å². The van der Waals surface area contributed by atoms with Crippen LogP contribution < -0.4 is 10.5 Å². The lowest BCUT2D eigenvalue weighted by Gasteiger charge is -2.10. The number of benzene rings is 1. The normalized spacial score (nSPS) is 10.2. The lowest BCUT2D eigenvalue weighted by atomic mass is 10.2. The fourth-order valence-corrected chi connectivity index (χ4v) is 2.23. The van der Waals surface area contributed by atoms with Crippen LogP contribution in [0.2, 0.25) is 0 Å². The van der Waals surface area contributed by atoms with Gasteiger partial charge in [0.15, 0.2) is 5.75 Å². The fraction of sp³-hybridized carbons (Fsp3) is 0.231. The van der Waals surface area contributed by atoms with Crippen LogP contribution in [0.4, 0.5) is 5.69 Å². The van der Waals surface area contributed by atoms with E-state index in [1.807, 2.05) is 12.3 Å². The van der Waals surface area contributed by atoms with Crippen molar-refractivity contribution in [2.75, 3.05) is 12.8 Å². The number of carbonyl (C=O) groups is 1. The van der Waals surface area contributed by atoms with Gasteiger partial charge >= 0.3 is 5.97 Å². The Balaban J connectivity index is 2.10. The first-order chi connectivity index (χ1) is 9.11. The zero-order valence-corrected chi connectivity index (χ0v) is 11.5. The fourth-order valence-electron chi connectivity index (χ4n) is 1.64. The summed E-state index contributed by atoms with van der Waals surface area (Å²) >= 11 is 1.51. The molecular formula is C13H14N2O3S. The summed E-state index contributed by atoms with van der Waals surface area (Å²) in [6.07, 6.45) is 0. The Hall–Kier alpha value is -2.08. The van der Waals surface area contributed by atoms with Crippen molar-refractivity contribution in [3.8, 4) is 5.75 Å². The monoisotopic (exact) mass is 278 g/mol. The lowest BCUT2D eigenvalue weighted by Crippen LogP contribution is -2.08. The van der Waals surface area contributed by atoms with Gasteiger partial charge in [-0.3, -0.25) is 0 Å². The summed E-state index contributed by atoms with van der Waals surface area (Å²) < 4.78 is 10.3. The van der Waals surface area contributed by atoms with E-state index in [4.69, 9.17) is 15.2 Å². The predicted molar refractivity (Wildman–Crippen MR) is 73.4 cm³/mol. The van der Waals surface area contributed by atoms with E-state index in [0.717, 1.165) is 10.7 Å². The van der Waals surface area contributed by atoms with Gasteiger partial charge in [0.25, 0.3) is 0 Å². The Labute approximate surface area is 115 Å².